The zero-order valence-electron chi connectivity index (χ0n) is 61.7. The predicted octanol–water partition coefficient (Wildman–Crippen LogP) is 13.2. The summed E-state index contributed by atoms with van der Waals surface area (Å²) in [5.74, 6) is -0.347. The highest BCUT2D eigenvalue weighted by Crippen LogP contribution is 2.38. The molecule has 23 nitrogen and oxygen atoms in total. The highest BCUT2D eigenvalue weighted by Gasteiger charge is 2.27. The third-order valence-electron chi connectivity index (χ3n) is 19.0. The van der Waals surface area contributed by atoms with Crippen LogP contribution < -0.4 is 38.6 Å². The van der Waals surface area contributed by atoms with Gasteiger partial charge in [-0.1, -0.05) is 131 Å². The van der Waals surface area contributed by atoms with Crippen molar-refractivity contribution in [2.24, 2.45) is 35.0 Å². The molecule has 0 bridgehead atoms. The van der Waals surface area contributed by atoms with Crippen molar-refractivity contribution in [2.75, 3.05) is 29.2 Å². The van der Waals surface area contributed by atoms with Gasteiger partial charge in [0.2, 0.25) is 0 Å². The van der Waals surface area contributed by atoms with Crippen molar-refractivity contribution in [2.45, 2.75) is 111 Å². The van der Waals surface area contributed by atoms with E-state index in [-0.39, 0.29) is 61.3 Å². The average Bonchev–Trinajstić information content (AvgIpc) is 1.27. The molecule has 3 amide bonds. The van der Waals surface area contributed by atoms with E-state index in [1.807, 2.05) is 123 Å². The number of nitrogens with zero attached hydrogens (tertiary/aromatic N) is 6. The first-order valence-electron chi connectivity index (χ1n) is 36.9. The van der Waals surface area contributed by atoms with Gasteiger partial charge in [-0.05, 0) is 198 Å². The average molecular weight is 1580 g/mol. The van der Waals surface area contributed by atoms with Crippen LogP contribution in [-0.4, -0.2) is 100 Å². The molecule has 3 fully saturated rings. The number of hydrogen-bond acceptors (Lipinski definition) is 16. The van der Waals surface area contributed by atoms with Crippen LogP contribution in [0.5, 0.6) is 0 Å². The minimum absolute atomic E-state index is 0. The normalized spacial score (nSPS) is 12.8. The van der Waals surface area contributed by atoms with Crippen molar-refractivity contribution in [3.8, 4) is 22.3 Å². The summed E-state index contributed by atoms with van der Waals surface area (Å²) in [6.45, 7) is 8.16. The molecule has 26 heteroatoms. The summed E-state index contributed by atoms with van der Waals surface area (Å²) in [6, 6.07) is 55.4. The Morgan fingerprint density at radius 2 is 0.811 bits per heavy atom. The maximum Gasteiger partial charge on any atom is 0.488 e. The number of hydrogen-bond donors (Lipinski definition) is 9. The molecule has 0 spiro atoms. The zero-order valence-corrected chi connectivity index (χ0v) is 64.1. The molecular formula is C85H89BBrClN12O11. The number of carboxylic acid groups (broad SMARTS) is 1. The summed E-state index contributed by atoms with van der Waals surface area (Å²) in [4.78, 5) is 74.7. The molecule has 3 saturated carbocycles. The largest absolute Gasteiger partial charge is 0.488 e. The van der Waals surface area contributed by atoms with E-state index < -0.39 is 13.1 Å². The maximum atomic E-state index is 13.4. The number of carboxylic acids is 1. The second-order valence-corrected chi connectivity index (χ2v) is 28.5. The Hall–Kier alpha value is -11.2. The van der Waals surface area contributed by atoms with Crippen molar-refractivity contribution < 1.29 is 53.4 Å². The highest BCUT2D eigenvalue weighted by atomic mass is 79.9. The van der Waals surface area contributed by atoms with Crippen LogP contribution in [0.4, 0.5) is 17.1 Å². The van der Waals surface area contributed by atoms with Gasteiger partial charge in [0.25, 0.3) is 17.7 Å². The summed E-state index contributed by atoms with van der Waals surface area (Å²) < 4.78 is 16.9. The van der Waals surface area contributed by atoms with Gasteiger partial charge in [-0.25, -0.2) is 0 Å². The molecule has 0 unspecified atom stereocenters. The number of anilines is 3. The predicted molar refractivity (Wildman–Crippen MR) is 438 cm³/mol. The lowest BCUT2D eigenvalue weighted by molar-refractivity contribution is -0.143. The first kappa shape index (κ1) is 80.8. The van der Waals surface area contributed by atoms with Crippen LogP contribution >= 0.6 is 28.3 Å². The fraction of sp³-hybridized carbons (Fsp3) is 0.259. The number of nitrogens with two attached hydrogens (primary N) is 3. The van der Waals surface area contributed by atoms with E-state index in [0.29, 0.717) is 101 Å². The number of aromatic nitrogens is 6. The molecule has 12 N–H and O–H groups in total. The molecule has 3 aliphatic carbocycles. The Labute approximate surface area is 657 Å². The summed E-state index contributed by atoms with van der Waals surface area (Å²) in [5.41, 5.74) is 31.8. The fourth-order valence-corrected chi connectivity index (χ4v) is 13.4. The van der Waals surface area contributed by atoms with E-state index in [1.165, 1.54) is 38.5 Å². The molecule has 572 valence electrons. The van der Waals surface area contributed by atoms with Crippen molar-refractivity contribution in [3.63, 3.8) is 0 Å². The van der Waals surface area contributed by atoms with Gasteiger partial charge in [-0.2, -0.15) is 15.3 Å². The number of carbonyl (C=O) groups is 6. The second-order valence-electron chi connectivity index (χ2n) is 27.7. The SMILES string of the molecule is CCOC(=O)Cc1ccccc1NC(=O)c1cc(-c2cccc(CN)c2)c2cn(CC3CC3)nc2c1.CCOC(=O)Cc1ccccc1NC(=O)c1cc(Br)c2cn(CC3CC3)nc2c1.Cl.NCc1cccc(-c2cc(C(=O)Nc3ccccc3CC(=O)O)cc3nn(CC4CC4)cc23)c1.NCc1cccc(B(O)O)c1. The third-order valence-corrected chi connectivity index (χ3v) is 19.7. The number of nitrogens with one attached hydrogen (secondary N) is 3. The fourth-order valence-electron chi connectivity index (χ4n) is 12.8. The van der Waals surface area contributed by atoms with Crippen LogP contribution in [0, 0.1) is 17.8 Å². The summed E-state index contributed by atoms with van der Waals surface area (Å²) in [7, 11) is -1.40. The first-order valence-corrected chi connectivity index (χ1v) is 37.7. The van der Waals surface area contributed by atoms with Gasteiger partial charge in [0.15, 0.2) is 0 Å². The van der Waals surface area contributed by atoms with E-state index in [1.54, 1.807) is 86.6 Å². The number of para-hydroxylation sites is 3. The van der Waals surface area contributed by atoms with Crippen LogP contribution in [0.1, 0.15) is 117 Å². The molecule has 15 rings (SSSR count). The Kier molecular flexibility index (Phi) is 27.7. The number of amides is 3. The molecule has 3 aromatic heterocycles. The number of fused-ring (bicyclic) bond motifs is 3. The number of aliphatic carboxylic acids is 1. The molecule has 111 heavy (non-hydrogen) atoms. The molecule has 9 aromatic carbocycles. The monoisotopic (exact) mass is 1580 g/mol. The third kappa shape index (κ3) is 22.1. The van der Waals surface area contributed by atoms with Gasteiger partial charge in [0, 0.05) is 112 Å². The number of benzene rings is 9. The van der Waals surface area contributed by atoms with E-state index in [9.17, 15) is 33.9 Å². The van der Waals surface area contributed by atoms with Crippen molar-refractivity contribution in [3.05, 3.63) is 255 Å². The van der Waals surface area contributed by atoms with Crippen LogP contribution in [0.15, 0.2) is 205 Å². The molecule has 0 atom stereocenters. The minimum atomic E-state index is -1.40. The molecule has 0 radical (unpaired) electrons. The quantitative estimate of drug-likeness (QED) is 0.0180. The lowest BCUT2D eigenvalue weighted by atomic mass is 9.80. The lowest BCUT2D eigenvalue weighted by Crippen LogP contribution is -2.30. The van der Waals surface area contributed by atoms with Gasteiger partial charge in [0.05, 0.1) is 49.0 Å². The number of carbonyl (C=O) groups excluding carboxylic acids is 5. The van der Waals surface area contributed by atoms with Gasteiger partial charge in [-0.15, -0.1) is 12.4 Å². The van der Waals surface area contributed by atoms with Gasteiger partial charge < -0.3 is 57.8 Å². The Morgan fingerprint density at radius 1 is 0.459 bits per heavy atom. The standard InChI is InChI=1S/C29H30N4O3.C27H26N4O3.C22H22BrN3O3.C7H10BNO2.ClH/c1-2-36-28(34)15-22-7-3-4-9-26(22)31-29(35)23-13-24(21-8-5-6-20(12-21)16-30)25-18-33(17-19-10-11-19)32-27(25)14-23;28-14-18-4-3-6-19(10-18)22-11-21(12-25-23(22)16-31(30-25)15-17-8-9-17)27(34)29-24-7-2-1-5-20(24)13-26(32)33;1-2-29-21(27)11-15-5-3-4-6-19(15)24-22(28)16-9-18(23)17-13-26(12-14-7-8-14)25-20(17)10-16;9-5-6-2-1-3-7(4-6)8(10)11;/h3-9,12-14,18-19H,2,10-11,15-17,30H2,1H3,(H,31,35);1-7,10-12,16-17H,8-9,13-15,28H2,(H,29,34)(H,32,33);3-6,9-10,13-14H,2,7-8,11-12H2,1H3,(H,24,28);1-4,10-11H,5,9H2;1H. The van der Waals surface area contributed by atoms with Crippen LogP contribution in [0.2, 0.25) is 0 Å². The van der Waals surface area contributed by atoms with Crippen molar-refractivity contribution >= 4 is 126 Å². The molecular weight excluding hydrogens is 1490 g/mol. The Balaban J connectivity index is 0.000000154. The number of esters is 2. The Morgan fingerprint density at radius 3 is 1.18 bits per heavy atom. The smallest absolute Gasteiger partial charge is 0.481 e. The highest BCUT2D eigenvalue weighted by molar-refractivity contribution is 9.10. The van der Waals surface area contributed by atoms with E-state index in [0.717, 1.165) is 102 Å². The maximum absolute atomic E-state index is 13.4. The number of halogens is 2. The molecule has 3 heterocycles. The van der Waals surface area contributed by atoms with Crippen LogP contribution in [-0.2, 0) is 82.4 Å². The first-order chi connectivity index (χ1) is 53.3. The van der Waals surface area contributed by atoms with Crippen molar-refractivity contribution in [1.29, 1.82) is 0 Å². The number of rotatable bonds is 26. The van der Waals surface area contributed by atoms with Gasteiger partial charge in [0.1, 0.15) is 0 Å². The number of ether oxygens (including phenoxy) is 2. The van der Waals surface area contributed by atoms with E-state index in [4.69, 9.17) is 46.9 Å². The Bertz CT molecular complexity index is 5340. The molecule has 3 aliphatic rings. The lowest BCUT2D eigenvalue weighted by Gasteiger charge is -2.12. The van der Waals surface area contributed by atoms with Crippen LogP contribution in [0.3, 0.4) is 0 Å². The minimum Gasteiger partial charge on any atom is -0.481 e. The van der Waals surface area contributed by atoms with Crippen LogP contribution in [0.25, 0.3) is 55.0 Å². The summed E-state index contributed by atoms with van der Waals surface area (Å²) in [6.07, 6.45) is 13.6. The topological polar surface area (TPSA) is 349 Å². The second kappa shape index (κ2) is 38.0. The molecule has 0 aliphatic heterocycles. The summed E-state index contributed by atoms with van der Waals surface area (Å²) in [5, 5.41) is 52.7. The van der Waals surface area contributed by atoms with E-state index in [2.05, 4.69) is 55.4 Å². The van der Waals surface area contributed by atoms with Crippen molar-refractivity contribution in [1.82, 2.24) is 29.3 Å². The van der Waals surface area contributed by atoms with Gasteiger partial charge >= 0.3 is 25.0 Å². The van der Waals surface area contributed by atoms with E-state index >= 15 is 0 Å². The molecule has 12 aromatic rings. The van der Waals surface area contributed by atoms with Gasteiger partial charge in [-0.3, -0.25) is 42.8 Å². The molecule has 0 saturated heterocycles. The zero-order chi connectivity index (χ0) is 77.4. The summed E-state index contributed by atoms with van der Waals surface area (Å²) >= 11 is 3.57.